The molecule has 1 aromatic heterocycles. The molecule has 1 fully saturated rings. The van der Waals surface area contributed by atoms with E-state index in [0.29, 0.717) is 49.7 Å². The van der Waals surface area contributed by atoms with Crippen molar-refractivity contribution < 1.29 is 14.4 Å². The van der Waals surface area contributed by atoms with Gasteiger partial charge in [0.05, 0.1) is 29.0 Å². The summed E-state index contributed by atoms with van der Waals surface area (Å²) in [6.07, 6.45) is 3.37. The minimum atomic E-state index is -0.415. The Kier molecular flexibility index (Phi) is 9.99. The molecule has 0 bridgehead atoms. The Morgan fingerprint density at radius 2 is 1.72 bits per heavy atom. The fraction of sp³-hybridized carbons (Fsp3) is 0.323. The number of amides is 3. The number of carbonyl (C=O) groups is 3. The number of rotatable bonds is 8. The number of benzene rings is 2. The summed E-state index contributed by atoms with van der Waals surface area (Å²) in [6, 6.07) is 12.6. The summed E-state index contributed by atoms with van der Waals surface area (Å²) >= 11 is 6.49. The minimum Gasteiger partial charge on any atom is -0.402 e. The van der Waals surface area contributed by atoms with Crippen molar-refractivity contribution in [2.75, 3.05) is 59.2 Å². The van der Waals surface area contributed by atoms with E-state index in [1.54, 1.807) is 59.1 Å². The summed E-state index contributed by atoms with van der Waals surface area (Å²) < 4.78 is 1.71. The van der Waals surface area contributed by atoms with Crippen molar-refractivity contribution in [3.05, 3.63) is 76.3 Å². The highest BCUT2D eigenvalue weighted by Crippen LogP contribution is 2.26. The van der Waals surface area contributed by atoms with E-state index in [4.69, 9.17) is 17.3 Å². The van der Waals surface area contributed by atoms with Gasteiger partial charge in [0.25, 0.3) is 11.8 Å². The number of carbonyl (C=O) groups excluding carboxylic acids is 3. The van der Waals surface area contributed by atoms with Crippen LogP contribution in [0.25, 0.3) is 16.8 Å². The first kappa shape index (κ1) is 31.5. The molecule has 11 nitrogen and oxygen atoms in total. The van der Waals surface area contributed by atoms with Crippen LogP contribution in [0.1, 0.15) is 33.5 Å². The lowest BCUT2D eigenvalue weighted by atomic mass is 10.0. The number of nitrogens with two attached hydrogens (primary N) is 1. The number of hydrogen-bond acceptors (Lipinski definition) is 7. The third kappa shape index (κ3) is 7.30. The SMILES string of the molecule is CN=CC(=C(C)N)c1ccc(-c2cnc(C(=O)Nc3ccc(C(=O)N4CCN(C(=O)CN(C)C)CC4)c(Cl)c3)n2C)cc1. The summed E-state index contributed by atoms with van der Waals surface area (Å²) in [4.78, 5) is 52.3. The van der Waals surface area contributed by atoms with Gasteiger partial charge >= 0.3 is 0 Å². The molecule has 0 aliphatic carbocycles. The molecule has 0 spiro atoms. The normalized spacial score (nSPS) is 14.3. The van der Waals surface area contributed by atoms with Crippen LogP contribution >= 0.6 is 11.6 Å². The first-order chi connectivity index (χ1) is 20.5. The monoisotopic (exact) mass is 604 g/mol. The summed E-state index contributed by atoms with van der Waals surface area (Å²) in [7, 11) is 7.16. The van der Waals surface area contributed by atoms with Crippen LogP contribution in [-0.4, -0.2) is 102 Å². The molecule has 1 aliphatic rings. The van der Waals surface area contributed by atoms with Crippen LogP contribution in [0.2, 0.25) is 5.02 Å². The minimum absolute atomic E-state index is 0.0411. The highest BCUT2D eigenvalue weighted by molar-refractivity contribution is 6.34. The maximum Gasteiger partial charge on any atom is 0.291 e. The Balaban J connectivity index is 1.41. The number of piperazine rings is 1. The van der Waals surface area contributed by atoms with Crippen molar-refractivity contribution in [3.63, 3.8) is 0 Å². The van der Waals surface area contributed by atoms with Gasteiger partial charge in [-0.05, 0) is 50.3 Å². The number of imidazole rings is 1. The fourth-order valence-corrected chi connectivity index (χ4v) is 5.16. The smallest absolute Gasteiger partial charge is 0.291 e. The number of nitrogens with zero attached hydrogens (tertiary/aromatic N) is 6. The highest BCUT2D eigenvalue weighted by Gasteiger charge is 2.26. The lowest BCUT2D eigenvalue weighted by Gasteiger charge is -2.35. The van der Waals surface area contributed by atoms with Crippen LogP contribution in [-0.2, 0) is 11.8 Å². The highest BCUT2D eigenvalue weighted by atomic mass is 35.5. The average Bonchev–Trinajstić information content (AvgIpc) is 3.36. The molecule has 3 N–H and O–H groups in total. The standard InChI is InChI=1S/C31H37ClN8O3/c1-20(33)25(17-34-2)21-6-8-22(9-7-21)27-18-35-29(38(27)5)30(42)36-23-10-11-24(26(32)16-23)31(43)40-14-12-39(13-15-40)28(41)19-37(3)4/h6-11,16-18H,12-15,19,33H2,1-5H3,(H,36,42). The Labute approximate surface area is 256 Å². The topological polar surface area (TPSA) is 129 Å². The van der Waals surface area contributed by atoms with Crippen LogP contribution in [0.5, 0.6) is 0 Å². The van der Waals surface area contributed by atoms with Gasteiger partial charge in [-0.1, -0.05) is 35.9 Å². The van der Waals surface area contributed by atoms with Crippen molar-refractivity contribution >= 4 is 46.8 Å². The van der Waals surface area contributed by atoms with E-state index in [1.165, 1.54) is 0 Å². The van der Waals surface area contributed by atoms with Gasteiger partial charge in [0.2, 0.25) is 5.91 Å². The maximum atomic E-state index is 13.2. The van der Waals surface area contributed by atoms with Gasteiger partial charge in [0, 0.05) is 63.4 Å². The maximum absolute atomic E-state index is 13.2. The molecule has 0 unspecified atom stereocenters. The van der Waals surface area contributed by atoms with Crippen molar-refractivity contribution in [1.82, 2.24) is 24.3 Å². The summed E-state index contributed by atoms with van der Waals surface area (Å²) in [6.45, 7) is 3.96. The fourth-order valence-electron chi connectivity index (χ4n) is 4.90. The van der Waals surface area contributed by atoms with Gasteiger partial charge in [0.1, 0.15) is 0 Å². The van der Waals surface area contributed by atoms with Gasteiger partial charge in [-0.15, -0.1) is 0 Å². The zero-order chi connectivity index (χ0) is 31.3. The number of nitrogens with one attached hydrogen (secondary N) is 1. The molecule has 0 atom stereocenters. The molecule has 1 aliphatic heterocycles. The lowest BCUT2D eigenvalue weighted by molar-refractivity contribution is -0.133. The van der Waals surface area contributed by atoms with Gasteiger partial charge in [-0.3, -0.25) is 19.4 Å². The zero-order valence-corrected chi connectivity index (χ0v) is 25.9. The number of allylic oxidation sites excluding steroid dienone is 2. The van der Waals surface area contributed by atoms with E-state index in [1.807, 2.05) is 50.2 Å². The second-order valence-electron chi connectivity index (χ2n) is 10.6. The molecular formula is C31H37ClN8O3. The molecule has 43 heavy (non-hydrogen) atoms. The lowest BCUT2D eigenvalue weighted by Crippen LogP contribution is -2.52. The van der Waals surface area contributed by atoms with Crippen molar-refractivity contribution in [1.29, 1.82) is 0 Å². The predicted octanol–water partition coefficient (Wildman–Crippen LogP) is 3.23. The zero-order valence-electron chi connectivity index (χ0n) is 25.1. The molecule has 0 saturated carbocycles. The van der Waals surface area contributed by atoms with Crippen LogP contribution < -0.4 is 11.1 Å². The largest absolute Gasteiger partial charge is 0.402 e. The van der Waals surface area contributed by atoms with Crippen LogP contribution in [0.3, 0.4) is 0 Å². The molecule has 2 heterocycles. The number of likely N-dealkylation sites (N-methyl/N-ethyl adjacent to an activating group) is 1. The second kappa shape index (κ2) is 13.7. The Morgan fingerprint density at radius 3 is 2.30 bits per heavy atom. The Hall–Kier alpha value is -4.48. The molecule has 1 saturated heterocycles. The quantitative estimate of drug-likeness (QED) is 0.380. The van der Waals surface area contributed by atoms with E-state index in [2.05, 4.69) is 15.3 Å². The predicted molar refractivity (Wildman–Crippen MR) is 170 cm³/mol. The molecule has 4 rings (SSSR count). The molecular weight excluding hydrogens is 568 g/mol. The molecule has 226 valence electrons. The molecule has 12 heteroatoms. The van der Waals surface area contributed by atoms with E-state index in [-0.39, 0.29) is 22.7 Å². The van der Waals surface area contributed by atoms with E-state index >= 15 is 0 Å². The van der Waals surface area contributed by atoms with E-state index in [0.717, 1.165) is 22.4 Å². The van der Waals surface area contributed by atoms with Gasteiger partial charge in [0.15, 0.2) is 5.82 Å². The number of anilines is 1. The Morgan fingerprint density at radius 1 is 1.07 bits per heavy atom. The number of aliphatic imine (C=N–C) groups is 1. The summed E-state index contributed by atoms with van der Waals surface area (Å²) in [5.74, 6) is -0.372. The van der Waals surface area contributed by atoms with Crippen LogP contribution in [0.15, 0.2) is 59.4 Å². The van der Waals surface area contributed by atoms with E-state index < -0.39 is 5.91 Å². The van der Waals surface area contributed by atoms with Crippen LogP contribution in [0, 0.1) is 0 Å². The van der Waals surface area contributed by atoms with Crippen molar-refractivity contribution in [2.45, 2.75) is 6.92 Å². The third-order valence-corrected chi connectivity index (χ3v) is 7.51. The first-order valence-corrected chi connectivity index (χ1v) is 14.2. The number of hydrogen-bond donors (Lipinski definition) is 2. The average molecular weight is 605 g/mol. The molecule has 2 aromatic carbocycles. The Bertz CT molecular complexity index is 1560. The van der Waals surface area contributed by atoms with Gasteiger partial charge in [-0.25, -0.2) is 4.98 Å². The summed E-state index contributed by atoms with van der Waals surface area (Å²) in [5, 5.41) is 3.05. The van der Waals surface area contributed by atoms with E-state index in [9.17, 15) is 14.4 Å². The van der Waals surface area contributed by atoms with Crippen molar-refractivity contribution in [2.24, 2.45) is 17.8 Å². The molecule has 3 amide bonds. The first-order valence-electron chi connectivity index (χ1n) is 13.8. The van der Waals surface area contributed by atoms with Gasteiger partial charge < -0.3 is 30.3 Å². The number of aromatic nitrogens is 2. The van der Waals surface area contributed by atoms with Crippen LogP contribution in [0.4, 0.5) is 5.69 Å². The molecule has 0 radical (unpaired) electrons. The van der Waals surface area contributed by atoms with Crippen molar-refractivity contribution in [3.8, 4) is 11.3 Å². The molecule has 3 aromatic rings. The third-order valence-electron chi connectivity index (χ3n) is 7.19. The summed E-state index contributed by atoms with van der Waals surface area (Å²) in [5.41, 5.74) is 10.9. The second-order valence-corrected chi connectivity index (χ2v) is 11.1. The number of halogens is 1. The van der Waals surface area contributed by atoms with Gasteiger partial charge in [-0.2, -0.15) is 0 Å².